The van der Waals surface area contributed by atoms with Gasteiger partial charge in [0.2, 0.25) is 5.91 Å². The van der Waals surface area contributed by atoms with Crippen LogP contribution in [0.2, 0.25) is 0 Å². The zero-order valence-corrected chi connectivity index (χ0v) is 16.9. The molecule has 1 aliphatic rings. The highest BCUT2D eigenvalue weighted by Crippen LogP contribution is 2.29. The van der Waals surface area contributed by atoms with Gasteiger partial charge in [-0.05, 0) is 57.7 Å². The standard InChI is InChI=1S/C22H26N2O.ClH/c1-14-10-15(2)21(16(3)11-14)23-20(25)12-19-18-9-7-6-8-17(18)13-22(4,5)24-19;/h6-12,24H,13H2,1-5H3,(H,23,25);1H/b19-12-;. The van der Waals surface area contributed by atoms with E-state index in [1.54, 1.807) is 6.08 Å². The van der Waals surface area contributed by atoms with Crippen LogP contribution in [-0.4, -0.2) is 11.4 Å². The highest BCUT2D eigenvalue weighted by Gasteiger charge is 2.27. The van der Waals surface area contributed by atoms with E-state index in [4.69, 9.17) is 0 Å². The molecule has 2 N–H and O–H groups in total. The number of carbonyl (C=O) groups excluding carboxylic acids is 1. The van der Waals surface area contributed by atoms with Crippen LogP contribution in [0.4, 0.5) is 5.69 Å². The topological polar surface area (TPSA) is 41.1 Å². The highest BCUT2D eigenvalue weighted by molar-refractivity contribution is 6.05. The first kappa shape index (κ1) is 20.1. The quantitative estimate of drug-likeness (QED) is 0.735. The smallest absolute Gasteiger partial charge is 0.250 e. The Bertz CT molecular complexity index is 845. The average molecular weight is 371 g/mol. The molecule has 0 bridgehead atoms. The molecule has 26 heavy (non-hydrogen) atoms. The van der Waals surface area contributed by atoms with Crippen LogP contribution in [0.3, 0.4) is 0 Å². The van der Waals surface area contributed by atoms with Crippen LogP contribution in [0, 0.1) is 20.8 Å². The molecule has 1 aliphatic heterocycles. The molecule has 0 atom stereocenters. The molecule has 3 nitrogen and oxygen atoms in total. The molecule has 1 heterocycles. The summed E-state index contributed by atoms with van der Waals surface area (Å²) in [5.41, 5.74) is 7.46. The minimum Gasteiger partial charge on any atom is -0.379 e. The van der Waals surface area contributed by atoms with Gasteiger partial charge in [0.25, 0.3) is 0 Å². The van der Waals surface area contributed by atoms with Gasteiger partial charge in [-0.2, -0.15) is 0 Å². The summed E-state index contributed by atoms with van der Waals surface area (Å²) in [6, 6.07) is 12.5. The summed E-state index contributed by atoms with van der Waals surface area (Å²) in [5.74, 6) is -0.106. The van der Waals surface area contributed by atoms with Crippen LogP contribution >= 0.6 is 12.4 Å². The lowest BCUT2D eigenvalue weighted by Crippen LogP contribution is -2.44. The molecule has 138 valence electrons. The van der Waals surface area contributed by atoms with Crippen LogP contribution in [0.1, 0.15) is 41.7 Å². The predicted molar refractivity (Wildman–Crippen MR) is 112 cm³/mol. The van der Waals surface area contributed by atoms with Gasteiger partial charge in [-0.3, -0.25) is 4.79 Å². The molecule has 0 aromatic heterocycles. The number of carbonyl (C=O) groups is 1. The van der Waals surface area contributed by atoms with E-state index in [9.17, 15) is 4.79 Å². The number of hydrogen-bond acceptors (Lipinski definition) is 2. The Morgan fingerprint density at radius 3 is 2.38 bits per heavy atom. The van der Waals surface area contributed by atoms with Gasteiger partial charge in [-0.1, -0.05) is 42.0 Å². The Hall–Kier alpha value is -2.26. The summed E-state index contributed by atoms with van der Waals surface area (Å²) < 4.78 is 0. The molecule has 0 saturated heterocycles. The second kappa shape index (κ2) is 7.55. The van der Waals surface area contributed by atoms with E-state index in [0.29, 0.717) is 0 Å². The fourth-order valence-electron chi connectivity index (χ4n) is 3.67. The van der Waals surface area contributed by atoms with Crippen molar-refractivity contribution in [2.45, 2.75) is 46.6 Å². The highest BCUT2D eigenvalue weighted by atomic mass is 35.5. The zero-order chi connectivity index (χ0) is 18.2. The van der Waals surface area contributed by atoms with Gasteiger partial charge in [-0.25, -0.2) is 0 Å². The maximum Gasteiger partial charge on any atom is 0.250 e. The van der Waals surface area contributed by atoms with E-state index in [-0.39, 0.29) is 23.9 Å². The second-order valence-electron chi connectivity index (χ2n) is 7.66. The third kappa shape index (κ3) is 4.28. The third-order valence-corrected chi connectivity index (χ3v) is 4.61. The van der Waals surface area contributed by atoms with Crippen molar-refractivity contribution in [3.05, 3.63) is 70.3 Å². The fourth-order valence-corrected chi connectivity index (χ4v) is 3.67. The van der Waals surface area contributed by atoms with Crippen LogP contribution in [-0.2, 0) is 11.2 Å². The number of hydrogen-bond donors (Lipinski definition) is 2. The van der Waals surface area contributed by atoms with Crippen LogP contribution in [0.5, 0.6) is 0 Å². The number of benzene rings is 2. The van der Waals surface area contributed by atoms with Crippen molar-refractivity contribution >= 4 is 29.7 Å². The SMILES string of the molecule is Cc1cc(C)c(NC(=O)/C=C2\NC(C)(C)Cc3ccccc32)c(C)c1.Cl. The molecule has 0 radical (unpaired) electrons. The summed E-state index contributed by atoms with van der Waals surface area (Å²) in [5, 5.41) is 6.56. The lowest BCUT2D eigenvalue weighted by atomic mass is 9.86. The second-order valence-corrected chi connectivity index (χ2v) is 7.66. The Morgan fingerprint density at radius 1 is 1.12 bits per heavy atom. The summed E-state index contributed by atoms with van der Waals surface area (Å²) in [7, 11) is 0. The van der Waals surface area contributed by atoms with Crippen molar-refractivity contribution in [3.63, 3.8) is 0 Å². The van der Waals surface area contributed by atoms with Gasteiger partial charge < -0.3 is 10.6 Å². The number of aryl methyl sites for hydroxylation is 3. The molecule has 1 amide bonds. The first-order valence-electron chi connectivity index (χ1n) is 8.72. The number of nitrogens with one attached hydrogen (secondary N) is 2. The van der Waals surface area contributed by atoms with E-state index in [1.807, 2.05) is 19.9 Å². The van der Waals surface area contributed by atoms with Crippen LogP contribution in [0.15, 0.2) is 42.5 Å². The van der Waals surface area contributed by atoms with Crippen LogP contribution in [0.25, 0.3) is 5.70 Å². The Balaban J connectivity index is 0.00000243. The van der Waals surface area contributed by atoms with E-state index in [2.05, 4.69) is 61.7 Å². The van der Waals surface area contributed by atoms with Gasteiger partial charge in [0.1, 0.15) is 0 Å². The maximum atomic E-state index is 12.7. The first-order valence-corrected chi connectivity index (χ1v) is 8.72. The number of amides is 1. The molecule has 4 heteroatoms. The average Bonchev–Trinajstić information content (AvgIpc) is 2.49. The zero-order valence-electron chi connectivity index (χ0n) is 16.1. The van der Waals surface area contributed by atoms with Crippen molar-refractivity contribution in [2.75, 3.05) is 5.32 Å². The van der Waals surface area contributed by atoms with Gasteiger partial charge in [0, 0.05) is 28.6 Å². The van der Waals surface area contributed by atoms with E-state index in [0.717, 1.165) is 34.5 Å². The number of halogens is 1. The molecule has 2 aromatic carbocycles. The van der Waals surface area contributed by atoms with Crippen molar-refractivity contribution in [1.29, 1.82) is 0 Å². The maximum absolute atomic E-state index is 12.7. The largest absolute Gasteiger partial charge is 0.379 e. The molecule has 0 aliphatic carbocycles. The number of fused-ring (bicyclic) bond motifs is 1. The molecule has 0 fully saturated rings. The molecule has 0 saturated carbocycles. The van der Waals surface area contributed by atoms with E-state index in [1.165, 1.54) is 11.1 Å². The molecular formula is C22H27ClN2O. The Morgan fingerprint density at radius 2 is 1.73 bits per heavy atom. The predicted octanol–water partition coefficient (Wildman–Crippen LogP) is 4.94. The lowest BCUT2D eigenvalue weighted by Gasteiger charge is -2.35. The summed E-state index contributed by atoms with van der Waals surface area (Å²) in [6.07, 6.45) is 2.62. The third-order valence-electron chi connectivity index (χ3n) is 4.61. The minimum atomic E-state index is -0.106. The Labute approximate surface area is 162 Å². The van der Waals surface area contributed by atoms with Crippen molar-refractivity contribution < 1.29 is 4.79 Å². The first-order chi connectivity index (χ1) is 11.7. The Kier molecular flexibility index (Phi) is 5.82. The summed E-state index contributed by atoms with van der Waals surface area (Å²) in [6.45, 7) is 10.4. The summed E-state index contributed by atoms with van der Waals surface area (Å²) in [4.78, 5) is 12.7. The minimum absolute atomic E-state index is 0. The molecule has 0 unspecified atom stereocenters. The summed E-state index contributed by atoms with van der Waals surface area (Å²) >= 11 is 0. The monoisotopic (exact) mass is 370 g/mol. The van der Waals surface area contributed by atoms with Gasteiger partial charge in [0.15, 0.2) is 0 Å². The normalized spacial score (nSPS) is 16.3. The van der Waals surface area contributed by atoms with Crippen molar-refractivity contribution in [2.24, 2.45) is 0 Å². The molecule has 2 aromatic rings. The van der Waals surface area contributed by atoms with Crippen LogP contribution < -0.4 is 10.6 Å². The number of rotatable bonds is 2. The molecular weight excluding hydrogens is 344 g/mol. The molecule has 3 rings (SSSR count). The fraction of sp³-hybridized carbons (Fsp3) is 0.318. The van der Waals surface area contributed by atoms with E-state index < -0.39 is 0 Å². The lowest BCUT2D eigenvalue weighted by molar-refractivity contribution is -0.111. The van der Waals surface area contributed by atoms with Gasteiger partial charge >= 0.3 is 0 Å². The molecule has 0 spiro atoms. The van der Waals surface area contributed by atoms with Crippen molar-refractivity contribution in [1.82, 2.24) is 5.32 Å². The van der Waals surface area contributed by atoms with E-state index >= 15 is 0 Å². The number of anilines is 1. The van der Waals surface area contributed by atoms with Crippen molar-refractivity contribution in [3.8, 4) is 0 Å². The van der Waals surface area contributed by atoms with Gasteiger partial charge in [0.05, 0.1) is 0 Å². The van der Waals surface area contributed by atoms with Gasteiger partial charge in [-0.15, -0.1) is 12.4 Å².